The van der Waals surface area contributed by atoms with E-state index >= 15 is 0 Å². The molecule has 0 aromatic carbocycles. The minimum atomic E-state index is 0.230. The van der Waals surface area contributed by atoms with E-state index in [1.807, 2.05) is 0 Å². The van der Waals surface area contributed by atoms with E-state index in [4.69, 9.17) is 0 Å². The summed E-state index contributed by atoms with van der Waals surface area (Å²) in [6.45, 7) is 0. The van der Waals surface area contributed by atoms with Gasteiger partial charge in [0.1, 0.15) is 0 Å². The fourth-order valence-corrected chi connectivity index (χ4v) is 0.786. The molecular formula is C12H18Zr. The number of hydrogen-bond acceptors (Lipinski definition) is 0. The van der Waals surface area contributed by atoms with Crippen LogP contribution in [0.2, 0.25) is 9.26 Å². The van der Waals surface area contributed by atoms with E-state index in [0.29, 0.717) is 0 Å². The first kappa shape index (κ1) is 12.8. The van der Waals surface area contributed by atoms with Crippen LogP contribution >= 0.6 is 0 Å². The fraction of sp³-hybridized carbons (Fsp3) is 0.333. The first-order chi connectivity index (χ1) is 6.41. The van der Waals surface area contributed by atoms with E-state index in [0.717, 1.165) is 12.8 Å². The second-order valence-electron chi connectivity index (χ2n) is 2.68. The molecule has 1 heteroatoms. The third-order valence-electron chi connectivity index (χ3n) is 1.31. The van der Waals surface area contributed by atoms with Gasteiger partial charge in [0.05, 0.1) is 0 Å². The Kier molecular flexibility index (Phi) is 11.7. The van der Waals surface area contributed by atoms with Crippen LogP contribution < -0.4 is 0 Å². The molecule has 0 aromatic rings. The molecule has 2 rings (SSSR count). The fourth-order valence-electron chi connectivity index (χ4n) is 0.786. The number of hydrogen-bond donors (Lipinski definition) is 0. The summed E-state index contributed by atoms with van der Waals surface area (Å²) < 4.78 is 4.59. The summed E-state index contributed by atoms with van der Waals surface area (Å²) in [6.07, 6.45) is 19.0. The van der Waals surface area contributed by atoms with E-state index in [-0.39, 0.29) is 23.2 Å². The third kappa shape index (κ3) is 11.8. The van der Waals surface area contributed by atoms with Gasteiger partial charge in [0, 0.05) is 0 Å². The predicted molar refractivity (Wildman–Crippen MR) is 57.5 cm³/mol. The zero-order valence-corrected chi connectivity index (χ0v) is 11.0. The van der Waals surface area contributed by atoms with Crippen molar-refractivity contribution in [3.05, 3.63) is 48.6 Å². The Balaban J connectivity index is 0.000000174. The summed E-state index contributed by atoms with van der Waals surface area (Å²) >= 11 is 0.230. The van der Waals surface area contributed by atoms with Crippen molar-refractivity contribution < 1.29 is 23.2 Å². The maximum atomic E-state index is 2.30. The first-order valence-corrected chi connectivity index (χ1v) is 9.55. The van der Waals surface area contributed by atoms with Gasteiger partial charge >= 0.3 is 32.5 Å². The predicted octanol–water partition coefficient (Wildman–Crippen LogP) is 4.17. The van der Waals surface area contributed by atoms with Gasteiger partial charge in [0.2, 0.25) is 0 Å². The Morgan fingerprint density at radius 1 is 0.692 bits per heavy atom. The van der Waals surface area contributed by atoms with E-state index in [1.165, 1.54) is 0 Å². The van der Waals surface area contributed by atoms with Crippen LogP contribution in [0.3, 0.4) is 0 Å². The molecular weight excluding hydrogens is 235 g/mol. The maximum absolute atomic E-state index is 2.30. The monoisotopic (exact) mass is 252 g/mol. The molecule has 0 aliphatic heterocycles. The molecule has 0 bridgehead atoms. The summed E-state index contributed by atoms with van der Waals surface area (Å²) in [6, 6.07) is 0. The summed E-state index contributed by atoms with van der Waals surface area (Å²) in [5.41, 5.74) is 0. The zero-order chi connectivity index (χ0) is 9.78. The summed E-state index contributed by atoms with van der Waals surface area (Å²) in [5.74, 6) is 0. The van der Waals surface area contributed by atoms with Crippen molar-refractivity contribution in [1.82, 2.24) is 0 Å². The molecule has 0 radical (unpaired) electrons. The van der Waals surface area contributed by atoms with Gasteiger partial charge in [0.15, 0.2) is 0 Å². The van der Waals surface area contributed by atoms with Crippen LogP contribution in [-0.2, 0) is 23.2 Å². The van der Waals surface area contributed by atoms with Gasteiger partial charge in [0.25, 0.3) is 0 Å². The molecule has 0 unspecified atom stereocenters. The molecule has 2 aliphatic carbocycles. The Hall–Kier alpha value is -0.157. The minimum absolute atomic E-state index is 0.230. The Bertz CT molecular complexity index is 155. The summed E-state index contributed by atoms with van der Waals surface area (Å²) in [5, 5.41) is 0. The van der Waals surface area contributed by atoms with Gasteiger partial charge in [-0.15, -0.1) is 0 Å². The van der Waals surface area contributed by atoms with Crippen LogP contribution in [0.5, 0.6) is 0 Å². The van der Waals surface area contributed by atoms with Crippen molar-refractivity contribution in [2.45, 2.75) is 22.1 Å². The average molecular weight is 253 g/mol. The van der Waals surface area contributed by atoms with Crippen LogP contribution in [0, 0.1) is 0 Å². The first-order valence-electron chi connectivity index (χ1n) is 4.63. The van der Waals surface area contributed by atoms with Crippen LogP contribution in [0.4, 0.5) is 0 Å². The van der Waals surface area contributed by atoms with Crippen molar-refractivity contribution in [3.63, 3.8) is 0 Å². The molecule has 2 aliphatic rings. The Morgan fingerprint density at radius 3 is 1.00 bits per heavy atom. The third-order valence-corrected chi connectivity index (χ3v) is 1.31. The van der Waals surface area contributed by atoms with Crippen LogP contribution in [-0.4, -0.2) is 0 Å². The molecule has 0 amide bonds. The average Bonchev–Trinajstić information content (AvgIpc) is 2.85. The summed E-state index contributed by atoms with van der Waals surface area (Å²) in [4.78, 5) is 0. The molecule has 0 nitrogen and oxygen atoms in total. The second kappa shape index (κ2) is 11.8. The number of rotatable bonds is 0. The van der Waals surface area contributed by atoms with Crippen molar-refractivity contribution in [3.8, 4) is 0 Å². The van der Waals surface area contributed by atoms with E-state index in [2.05, 4.69) is 57.9 Å². The zero-order valence-electron chi connectivity index (χ0n) is 8.53. The van der Waals surface area contributed by atoms with Crippen molar-refractivity contribution in [2.24, 2.45) is 0 Å². The van der Waals surface area contributed by atoms with Crippen molar-refractivity contribution in [2.75, 3.05) is 0 Å². The number of allylic oxidation sites excluding steroid dienone is 8. The van der Waals surface area contributed by atoms with Gasteiger partial charge in [-0.2, -0.15) is 0 Å². The Labute approximate surface area is 93.7 Å². The molecule has 13 heavy (non-hydrogen) atoms. The SMILES string of the molecule is C1=CCC=C1.C1=CCC=C1.[CH3][Zr][CH3]. The van der Waals surface area contributed by atoms with Crippen LogP contribution in [0.1, 0.15) is 12.8 Å². The quantitative estimate of drug-likeness (QED) is 0.608. The standard InChI is InChI=1S/2C5H6.2CH3.Zr/c2*1-2-4-5-3-1;;;/h2*1-4H,5H2;2*1H3;. The van der Waals surface area contributed by atoms with Gasteiger partial charge in [-0.1, -0.05) is 48.6 Å². The van der Waals surface area contributed by atoms with E-state index in [1.54, 1.807) is 0 Å². The topological polar surface area (TPSA) is 0 Å². The molecule has 0 atom stereocenters. The molecule has 0 saturated heterocycles. The molecule has 0 spiro atoms. The molecule has 0 heterocycles. The van der Waals surface area contributed by atoms with Gasteiger partial charge in [-0.05, 0) is 12.8 Å². The van der Waals surface area contributed by atoms with E-state index < -0.39 is 0 Å². The van der Waals surface area contributed by atoms with Gasteiger partial charge in [-0.3, -0.25) is 0 Å². The molecule has 0 aromatic heterocycles. The normalized spacial score (nSPS) is 14.6. The van der Waals surface area contributed by atoms with Gasteiger partial charge in [-0.25, -0.2) is 0 Å². The van der Waals surface area contributed by atoms with Crippen molar-refractivity contribution in [1.29, 1.82) is 0 Å². The van der Waals surface area contributed by atoms with E-state index in [9.17, 15) is 0 Å². The van der Waals surface area contributed by atoms with Gasteiger partial charge < -0.3 is 0 Å². The Morgan fingerprint density at radius 2 is 0.923 bits per heavy atom. The molecule has 0 N–H and O–H groups in total. The van der Waals surface area contributed by atoms with Crippen LogP contribution in [0.25, 0.3) is 0 Å². The second-order valence-corrected chi connectivity index (χ2v) is 5.14. The molecule has 0 saturated carbocycles. The molecule has 70 valence electrons. The van der Waals surface area contributed by atoms with Crippen LogP contribution in [0.15, 0.2) is 48.6 Å². The summed E-state index contributed by atoms with van der Waals surface area (Å²) in [7, 11) is 0. The van der Waals surface area contributed by atoms with Crippen molar-refractivity contribution >= 4 is 0 Å². The molecule has 0 fully saturated rings.